The van der Waals surface area contributed by atoms with Gasteiger partial charge in [0.25, 0.3) is 5.91 Å². The van der Waals surface area contributed by atoms with E-state index in [1.54, 1.807) is 4.90 Å². The van der Waals surface area contributed by atoms with Crippen molar-refractivity contribution < 1.29 is 13.6 Å². The lowest BCUT2D eigenvalue weighted by Crippen LogP contribution is -2.48. The molecule has 1 aliphatic rings. The molecule has 0 aromatic heterocycles. The zero-order valence-corrected chi connectivity index (χ0v) is 13.8. The van der Waals surface area contributed by atoms with Crippen LogP contribution in [0, 0.1) is 11.6 Å². The van der Waals surface area contributed by atoms with Gasteiger partial charge in [-0.1, -0.05) is 23.7 Å². The number of rotatable bonds is 3. The lowest BCUT2D eigenvalue weighted by molar-refractivity contribution is 0.0628. The summed E-state index contributed by atoms with van der Waals surface area (Å²) in [6.45, 7) is 3.33. The number of amides is 1. The van der Waals surface area contributed by atoms with E-state index in [4.69, 9.17) is 11.6 Å². The summed E-state index contributed by atoms with van der Waals surface area (Å²) in [7, 11) is 0. The number of piperazine rings is 1. The zero-order valence-electron chi connectivity index (χ0n) is 13.0. The van der Waals surface area contributed by atoms with Crippen LogP contribution in [-0.2, 0) is 6.54 Å². The largest absolute Gasteiger partial charge is 0.336 e. The van der Waals surface area contributed by atoms with Gasteiger partial charge in [0, 0.05) is 43.3 Å². The van der Waals surface area contributed by atoms with Crippen molar-refractivity contribution in [1.29, 1.82) is 0 Å². The number of hydrogen-bond acceptors (Lipinski definition) is 2. The summed E-state index contributed by atoms with van der Waals surface area (Å²) in [5, 5.41) is 0.708. The fraction of sp³-hybridized carbons (Fsp3) is 0.278. The van der Waals surface area contributed by atoms with Crippen molar-refractivity contribution in [1.82, 2.24) is 9.80 Å². The smallest absolute Gasteiger partial charge is 0.254 e. The molecule has 0 aliphatic carbocycles. The lowest BCUT2D eigenvalue weighted by Gasteiger charge is -2.34. The average Bonchev–Trinajstić information content (AvgIpc) is 2.57. The van der Waals surface area contributed by atoms with Gasteiger partial charge < -0.3 is 4.90 Å². The van der Waals surface area contributed by atoms with Crippen LogP contribution in [0.15, 0.2) is 42.5 Å². The van der Waals surface area contributed by atoms with E-state index in [2.05, 4.69) is 4.90 Å². The van der Waals surface area contributed by atoms with Crippen LogP contribution in [0.2, 0.25) is 5.02 Å². The third-order valence-electron chi connectivity index (χ3n) is 4.12. The highest BCUT2D eigenvalue weighted by Crippen LogP contribution is 2.16. The lowest BCUT2D eigenvalue weighted by atomic mass is 10.1. The summed E-state index contributed by atoms with van der Waals surface area (Å²) in [4.78, 5) is 16.3. The molecule has 3 nitrogen and oxygen atoms in total. The van der Waals surface area contributed by atoms with Gasteiger partial charge in [0.05, 0.1) is 0 Å². The summed E-state index contributed by atoms with van der Waals surface area (Å²) in [5.41, 5.74) is 1.31. The average molecular weight is 351 g/mol. The number of carbonyl (C=O) groups is 1. The van der Waals surface area contributed by atoms with E-state index in [1.165, 1.54) is 6.07 Å². The third kappa shape index (κ3) is 3.91. The topological polar surface area (TPSA) is 23.6 Å². The van der Waals surface area contributed by atoms with Gasteiger partial charge in [0.15, 0.2) is 11.6 Å². The van der Waals surface area contributed by atoms with Gasteiger partial charge in [-0.15, -0.1) is 0 Å². The minimum atomic E-state index is -1.000. The summed E-state index contributed by atoms with van der Waals surface area (Å²) >= 11 is 5.99. The molecule has 24 heavy (non-hydrogen) atoms. The highest BCUT2D eigenvalue weighted by molar-refractivity contribution is 6.30. The highest BCUT2D eigenvalue weighted by Gasteiger charge is 2.22. The van der Waals surface area contributed by atoms with Crippen LogP contribution in [-0.4, -0.2) is 41.9 Å². The van der Waals surface area contributed by atoms with Gasteiger partial charge in [0.1, 0.15) is 0 Å². The molecule has 1 fully saturated rings. The Labute approximate surface area is 144 Å². The second-order valence-corrected chi connectivity index (χ2v) is 6.26. The number of benzene rings is 2. The van der Waals surface area contributed by atoms with Crippen molar-refractivity contribution in [2.24, 2.45) is 0 Å². The van der Waals surface area contributed by atoms with Gasteiger partial charge in [-0.2, -0.15) is 0 Å². The van der Waals surface area contributed by atoms with Crippen LogP contribution >= 0.6 is 11.6 Å². The summed E-state index contributed by atoms with van der Waals surface area (Å²) in [6, 6.07) is 11.0. The van der Waals surface area contributed by atoms with Crippen molar-refractivity contribution >= 4 is 17.5 Å². The Morgan fingerprint density at radius 1 is 1.00 bits per heavy atom. The Balaban J connectivity index is 1.58. The van der Waals surface area contributed by atoms with Gasteiger partial charge in [-0.05, 0) is 35.9 Å². The summed E-state index contributed by atoms with van der Waals surface area (Å²) in [5.74, 6) is -2.21. The molecule has 1 amide bonds. The van der Waals surface area contributed by atoms with E-state index >= 15 is 0 Å². The van der Waals surface area contributed by atoms with E-state index in [1.807, 2.05) is 24.3 Å². The first-order valence-corrected chi connectivity index (χ1v) is 8.12. The van der Waals surface area contributed by atoms with Crippen LogP contribution in [0.4, 0.5) is 8.78 Å². The van der Waals surface area contributed by atoms with E-state index in [0.29, 0.717) is 18.1 Å². The van der Waals surface area contributed by atoms with Crippen LogP contribution in [0.5, 0.6) is 0 Å². The predicted octanol–water partition coefficient (Wildman–Crippen LogP) is 3.58. The molecule has 0 N–H and O–H groups in total. The quantitative estimate of drug-likeness (QED) is 0.844. The van der Waals surface area contributed by atoms with Gasteiger partial charge in [0.2, 0.25) is 0 Å². The highest BCUT2D eigenvalue weighted by atomic mass is 35.5. The second kappa shape index (κ2) is 7.28. The molecule has 2 aromatic rings. The van der Waals surface area contributed by atoms with Crippen molar-refractivity contribution in [3.63, 3.8) is 0 Å². The first-order chi connectivity index (χ1) is 11.5. The molecule has 0 bridgehead atoms. The molecular formula is C18H17ClF2N2O. The maximum absolute atomic E-state index is 13.3. The molecule has 0 spiro atoms. The van der Waals surface area contributed by atoms with E-state index in [9.17, 15) is 13.6 Å². The van der Waals surface area contributed by atoms with Crippen molar-refractivity contribution in [2.75, 3.05) is 26.2 Å². The normalized spacial score (nSPS) is 15.5. The molecule has 6 heteroatoms. The van der Waals surface area contributed by atoms with Crippen molar-refractivity contribution in [3.8, 4) is 0 Å². The van der Waals surface area contributed by atoms with Gasteiger partial charge in [-0.3, -0.25) is 9.69 Å². The SMILES string of the molecule is O=C(c1ccc(F)c(F)c1)N1CCN(Cc2cccc(Cl)c2)CC1. The Morgan fingerprint density at radius 2 is 1.75 bits per heavy atom. The Morgan fingerprint density at radius 3 is 2.42 bits per heavy atom. The van der Waals surface area contributed by atoms with E-state index in [0.717, 1.165) is 37.3 Å². The Bertz CT molecular complexity index is 746. The molecular weight excluding hydrogens is 334 g/mol. The predicted molar refractivity (Wildman–Crippen MR) is 89.0 cm³/mol. The van der Waals surface area contributed by atoms with Gasteiger partial charge >= 0.3 is 0 Å². The molecule has 1 heterocycles. The molecule has 0 radical (unpaired) electrons. The molecule has 0 saturated carbocycles. The maximum Gasteiger partial charge on any atom is 0.254 e. The van der Waals surface area contributed by atoms with Crippen LogP contribution in [0.1, 0.15) is 15.9 Å². The first-order valence-electron chi connectivity index (χ1n) is 7.74. The Hall–Kier alpha value is -1.98. The number of carbonyl (C=O) groups excluding carboxylic acids is 1. The molecule has 1 saturated heterocycles. The van der Waals surface area contributed by atoms with Crippen LogP contribution in [0.25, 0.3) is 0 Å². The first kappa shape index (κ1) is 16.9. The number of nitrogens with zero attached hydrogens (tertiary/aromatic N) is 2. The zero-order chi connectivity index (χ0) is 17.1. The van der Waals surface area contributed by atoms with E-state index < -0.39 is 11.6 Å². The monoisotopic (exact) mass is 350 g/mol. The standard InChI is InChI=1S/C18H17ClF2N2O/c19-15-3-1-2-13(10-15)12-22-6-8-23(9-7-22)18(24)14-4-5-16(20)17(21)11-14/h1-5,10-11H,6-9,12H2. The third-order valence-corrected chi connectivity index (χ3v) is 4.36. The minimum Gasteiger partial charge on any atom is -0.336 e. The summed E-state index contributed by atoms with van der Waals surface area (Å²) < 4.78 is 26.3. The molecule has 0 atom stereocenters. The fourth-order valence-corrected chi connectivity index (χ4v) is 3.03. The molecule has 0 unspecified atom stereocenters. The van der Waals surface area contributed by atoms with Gasteiger partial charge in [-0.25, -0.2) is 8.78 Å². The fourth-order valence-electron chi connectivity index (χ4n) is 2.81. The molecule has 2 aromatic carbocycles. The number of halogens is 3. The van der Waals surface area contributed by atoms with Crippen molar-refractivity contribution in [2.45, 2.75) is 6.54 Å². The summed E-state index contributed by atoms with van der Waals surface area (Å²) in [6.07, 6.45) is 0. The van der Waals surface area contributed by atoms with Crippen LogP contribution in [0.3, 0.4) is 0 Å². The number of hydrogen-bond donors (Lipinski definition) is 0. The minimum absolute atomic E-state index is 0.178. The maximum atomic E-state index is 13.3. The van der Waals surface area contributed by atoms with E-state index in [-0.39, 0.29) is 11.5 Å². The van der Waals surface area contributed by atoms with Crippen LogP contribution < -0.4 is 0 Å². The van der Waals surface area contributed by atoms with Crippen molar-refractivity contribution in [3.05, 3.63) is 70.2 Å². The second-order valence-electron chi connectivity index (χ2n) is 5.83. The molecule has 1 aliphatic heterocycles. The molecule has 3 rings (SSSR count). The molecule has 126 valence electrons. The Kier molecular flexibility index (Phi) is 5.11.